The van der Waals surface area contributed by atoms with E-state index < -0.39 is 5.97 Å². The smallest absolute Gasteiger partial charge is 0.330 e. The normalized spacial score (nSPS) is 10.9. The van der Waals surface area contributed by atoms with Gasteiger partial charge in [-0.1, -0.05) is 77.0 Å². The summed E-state index contributed by atoms with van der Waals surface area (Å²) in [6, 6.07) is 0. The van der Waals surface area contributed by atoms with E-state index in [2.05, 4.69) is 25.7 Å². The summed E-state index contributed by atoms with van der Waals surface area (Å²) >= 11 is 0. The summed E-state index contributed by atoms with van der Waals surface area (Å²) in [5, 5.41) is 0. The van der Waals surface area contributed by atoms with E-state index >= 15 is 0 Å². The first-order valence-electron chi connectivity index (χ1n) is 10.8. The predicted octanol–water partition coefficient (Wildman–Crippen LogP) is 6.30. The fraction of sp³-hybridized carbons (Fsp3) is 0.739. The molecule has 0 unspecified atom stereocenters. The van der Waals surface area contributed by atoms with Crippen LogP contribution in [0.3, 0.4) is 0 Å². The lowest BCUT2D eigenvalue weighted by Gasteiger charge is -2.05. The average Bonchev–Trinajstić information content (AvgIpc) is 2.68. The van der Waals surface area contributed by atoms with Crippen molar-refractivity contribution in [3.05, 3.63) is 24.8 Å². The van der Waals surface area contributed by atoms with Gasteiger partial charge in [-0.2, -0.15) is 0 Å². The highest BCUT2D eigenvalue weighted by molar-refractivity contribution is 5.81. The fourth-order valence-corrected chi connectivity index (χ4v) is 2.77. The number of ether oxygens (including phenoxy) is 2. The molecule has 0 aromatic rings. The van der Waals surface area contributed by atoms with Gasteiger partial charge in [0.1, 0.15) is 13.2 Å². The van der Waals surface area contributed by atoms with Crippen molar-refractivity contribution in [2.45, 2.75) is 96.8 Å². The maximum Gasteiger partial charge on any atom is 0.330 e. The van der Waals surface area contributed by atoms with Crippen LogP contribution in [0.25, 0.3) is 0 Å². The highest BCUT2D eigenvalue weighted by Crippen LogP contribution is 2.10. The van der Waals surface area contributed by atoms with Crippen LogP contribution >= 0.6 is 0 Å². The van der Waals surface area contributed by atoms with Gasteiger partial charge in [-0.05, 0) is 32.1 Å². The van der Waals surface area contributed by atoms with Gasteiger partial charge in [0.05, 0.1) is 0 Å². The number of rotatable bonds is 19. The molecule has 0 fully saturated rings. The first-order chi connectivity index (χ1) is 13.2. The Labute approximate surface area is 166 Å². The SMILES string of the molecule is C=CC(=O)OCCOC(=O)CCCCCCC/C=C\CCCCCCCC. The molecule has 0 aliphatic rings. The third-order valence-electron chi connectivity index (χ3n) is 4.40. The Morgan fingerprint density at radius 3 is 1.85 bits per heavy atom. The molecule has 0 saturated heterocycles. The second kappa shape index (κ2) is 20.7. The van der Waals surface area contributed by atoms with E-state index in [0.29, 0.717) is 6.42 Å². The molecule has 0 aromatic heterocycles. The van der Waals surface area contributed by atoms with E-state index in [1.165, 1.54) is 64.2 Å². The molecule has 0 aromatic carbocycles. The Morgan fingerprint density at radius 1 is 0.741 bits per heavy atom. The van der Waals surface area contributed by atoms with Crippen LogP contribution in [0.2, 0.25) is 0 Å². The molecule has 0 atom stereocenters. The van der Waals surface area contributed by atoms with Crippen molar-refractivity contribution in [2.75, 3.05) is 13.2 Å². The summed E-state index contributed by atoms with van der Waals surface area (Å²) in [7, 11) is 0. The highest BCUT2D eigenvalue weighted by Gasteiger charge is 2.03. The van der Waals surface area contributed by atoms with Gasteiger partial charge in [-0.15, -0.1) is 0 Å². The summed E-state index contributed by atoms with van der Waals surface area (Å²) in [4.78, 5) is 22.3. The molecule has 4 heteroatoms. The molecule has 156 valence electrons. The third-order valence-corrected chi connectivity index (χ3v) is 4.40. The number of hydrogen-bond acceptors (Lipinski definition) is 4. The molecule has 0 radical (unpaired) electrons. The van der Waals surface area contributed by atoms with Crippen molar-refractivity contribution in [1.29, 1.82) is 0 Å². The number of esters is 2. The standard InChI is InChI=1S/C23H40O4/c1-3-5-6-7-8-9-10-11-12-13-14-15-16-17-18-19-23(25)27-21-20-26-22(24)4-2/h4,11-12H,2-3,5-10,13-21H2,1H3/b12-11-. The molecule has 0 rings (SSSR count). The zero-order chi connectivity index (χ0) is 20.0. The van der Waals surface area contributed by atoms with Crippen LogP contribution < -0.4 is 0 Å². The highest BCUT2D eigenvalue weighted by atomic mass is 16.6. The lowest BCUT2D eigenvalue weighted by Crippen LogP contribution is -2.12. The second-order valence-corrected chi connectivity index (χ2v) is 6.93. The zero-order valence-corrected chi connectivity index (χ0v) is 17.4. The third kappa shape index (κ3) is 20.6. The molecular weight excluding hydrogens is 340 g/mol. The predicted molar refractivity (Wildman–Crippen MR) is 112 cm³/mol. The fourth-order valence-electron chi connectivity index (χ4n) is 2.77. The van der Waals surface area contributed by atoms with Crippen LogP contribution in [0.5, 0.6) is 0 Å². The minimum absolute atomic E-state index is 0.0863. The van der Waals surface area contributed by atoms with E-state index in [1.54, 1.807) is 0 Å². The Hall–Kier alpha value is -1.58. The minimum atomic E-state index is -0.497. The molecular formula is C23H40O4. The molecule has 0 aliphatic carbocycles. The van der Waals surface area contributed by atoms with E-state index in [4.69, 9.17) is 9.47 Å². The lowest BCUT2D eigenvalue weighted by molar-refractivity contribution is -0.149. The minimum Gasteiger partial charge on any atom is -0.462 e. The van der Waals surface area contributed by atoms with Gasteiger partial charge in [0.25, 0.3) is 0 Å². The quantitative estimate of drug-likeness (QED) is 0.114. The molecule has 0 amide bonds. The molecule has 0 N–H and O–H groups in total. The van der Waals surface area contributed by atoms with E-state index in [9.17, 15) is 9.59 Å². The Bertz CT molecular complexity index is 401. The van der Waals surface area contributed by atoms with Crippen molar-refractivity contribution in [2.24, 2.45) is 0 Å². The summed E-state index contributed by atoms with van der Waals surface area (Å²) in [5.74, 6) is -0.717. The lowest BCUT2D eigenvalue weighted by atomic mass is 10.1. The molecule has 4 nitrogen and oxygen atoms in total. The van der Waals surface area contributed by atoms with Gasteiger partial charge in [0.2, 0.25) is 0 Å². The summed E-state index contributed by atoms with van der Waals surface area (Å²) in [5.41, 5.74) is 0. The number of unbranched alkanes of at least 4 members (excludes halogenated alkanes) is 11. The van der Waals surface area contributed by atoms with Crippen molar-refractivity contribution in [3.63, 3.8) is 0 Å². The first-order valence-corrected chi connectivity index (χ1v) is 10.8. The van der Waals surface area contributed by atoms with E-state index in [-0.39, 0.29) is 19.2 Å². The van der Waals surface area contributed by atoms with Crippen LogP contribution in [0.1, 0.15) is 96.8 Å². The summed E-state index contributed by atoms with van der Waals surface area (Å²) < 4.78 is 9.73. The number of hydrogen-bond donors (Lipinski definition) is 0. The zero-order valence-electron chi connectivity index (χ0n) is 17.4. The number of carbonyl (C=O) groups is 2. The van der Waals surface area contributed by atoms with Crippen LogP contribution in [-0.4, -0.2) is 25.2 Å². The van der Waals surface area contributed by atoms with Gasteiger partial charge < -0.3 is 9.47 Å². The summed E-state index contributed by atoms with van der Waals surface area (Å²) in [6.07, 6.45) is 22.3. The van der Waals surface area contributed by atoms with E-state index in [0.717, 1.165) is 25.3 Å². The first kappa shape index (κ1) is 25.4. The Kier molecular flexibility index (Phi) is 19.5. The molecule has 0 spiro atoms. The van der Waals surface area contributed by atoms with Crippen molar-refractivity contribution in [1.82, 2.24) is 0 Å². The molecule has 0 saturated carbocycles. The van der Waals surface area contributed by atoms with Crippen molar-refractivity contribution in [3.8, 4) is 0 Å². The largest absolute Gasteiger partial charge is 0.462 e. The topological polar surface area (TPSA) is 52.6 Å². The molecule has 0 bridgehead atoms. The monoisotopic (exact) mass is 380 g/mol. The van der Waals surface area contributed by atoms with Gasteiger partial charge in [0.15, 0.2) is 0 Å². The van der Waals surface area contributed by atoms with E-state index in [1.807, 2.05) is 0 Å². The van der Waals surface area contributed by atoms with Crippen LogP contribution in [-0.2, 0) is 19.1 Å². The van der Waals surface area contributed by atoms with Gasteiger partial charge >= 0.3 is 11.9 Å². The number of carbonyl (C=O) groups excluding carboxylic acids is 2. The Morgan fingerprint density at radius 2 is 1.26 bits per heavy atom. The van der Waals surface area contributed by atoms with Crippen molar-refractivity contribution < 1.29 is 19.1 Å². The Balaban J connectivity index is 3.25. The van der Waals surface area contributed by atoms with Gasteiger partial charge in [0, 0.05) is 12.5 Å². The van der Waals surface area contributed by atoms with Crippen LogP contribution in [0.4, 0.5) is 0 Å². The van der Waals surface area contributed by atoms with Gasteiger partial charge in [-0.25, -0.2) is 4.79 Å². The average molecular weight is 381 g/mol. The van der Waals surface area contributed by atoms with Crippen molar-refractivity contribution >= 4 is 11.9 Å². The maximum atomic E-state index is 11.5. The van der Waals surface area contributed by atoms with Crippen LogP contribution in [0.15, 0.2) is 24.8 Å². The second-order valence-electron chi connectivity index (χ2n) is 6.93. The molecule has 0 aliphatic heterocycles. The van der Waals surface area contributed by atoms with Gasteiger partial charge in [-0.3, -0.25) is 4.79 Å². The molecule has 0 heterocycles. The molecule has 27 heavy (non-hydrogen) atoms. The van der Waals surface area contributed by atoms with Crippen LogP contribution in [0, 0.1) is 0 Å². The summed E-state index contributed by atoms with van der Waals surface area (Å²) in [6.45, 7) is 5.75. The number of allylic oxidation sites excluding steroid dienone is 2. The maximum absolute atomic E-state index is 11.5.